The van der Waals surface area contributed by atoms with Gasteiger partial charge in [-0.1, -0.05) is 155 Å². The molecule has 0 fully saturated rings. The first-order chi connectivity index (χ1) is 23.3. The van der Waals surface area contributed by atoms with Crippen molar-refractivity contribution in [3.63, 3.8) is 0 Å². The first kappa shape index (κ1) is 47.1. The van der Waals surface area contributed by atoms with Gasteiger partial charge in [0.25, 0.3) is 0 Å². The van der Waals surface area contributed by atoms with Gasteiger partial charge in [-0.2, -0.15) is 0 Å². The molecule has 0 aromatic rings. The normalized spacial score (nSPS) is 12.6. The second kappa shape index (κ2) is 35.9. The molecule has 288 valence electrons. The van der Waals surface area contributed by atoms with E-state index in [2.05, 4.69) is 19.2 Å². The van der Waals surface area contributed by atoms with Crippen molar-refractivity contribution in [3.05, 3.63) is 0 Å². The van der Waals surface area contributed by atoms with Gasteiger partial charge in [0.2, 0.25) is 0 Å². The number of hydrogen-bond acceptors (Lipinski definition) is 6. The highest BCUT2D eigenvalue weighted by Crippen LogP contribution is 2.14. The number of hydrogen-bond donors (Lipinski definition) is 1. The summed E-state index contributed by atoms with van der Waals surface area (Å²) in [6.45, 7) is 15.9. The molecule has 1 N–H and O–H groups in total. The Kier molecular flexibility index (Phi) is 35.3. The van der Waals surface area contributed by atoms with Crippen molar-refractivity contribution in [1.82, 2.24) is 5.32 Å². The van der Waals surface area contributed by atoms with Crippen LogP contribution >= 0.6 is 0 Å². The maximum absolute atomic E-state index is 12.4. The molecule has 0 aliphatic rings. The average molecular weight is 686 g/mol. The molecule has 0 saturated heterocycles. The number of amides is 1. The monoisotopic (exact) mass is 686 g/mol. The van der Waals surface area contributed by atoms with Gasteiger partial charge < -0.3 is 29.0 Å². The lowest BCUT2D eigenvalue weighted by atomic mass is 10.1. The number of unbranched alkanes of at least 4 members (excludes halogenated alkanes) is 22. The SMILES string of the molecule is CCCCCCCCCCCCCCOCC(COC(=O)NCCOC(C)(C)COC(C)C)OCCCCCCCCCCCCCC. The van der Waals surface area contributed by atoms with Crippen LogP contribution in [0.4, 0.5) is 4.79 Å². The summed E-state index contributed by atoms with van der Waals surface area (Å²) < 4.78 is 29.2. The third-order valence-electron chi connectivity index (χ3n) is 8.83. The minimum Gasteiger partial charge on any atom is -0.447 e. The summed E-state index contributed by atoms with van der Waals surface area (Å²) in [5.74, 6) is 0. The molecule has 1 atom stereocenters. The highest BCUT2D eigenvalue weighted by atomic mass is 16.6. The molecule has 7 heteroatoms. The van der Waals surface area contributed by atoms with Crippen LogP contribution in [0.25, 0.3) is 0 Å². The molecule has 1 unspecified atom stereocenters. The largest absolute Gasteiger partial charge is 0.447 e. The summed E-state index contributed by atoms with van der Waals surface area (Å²) >= 11 is 0. The Labute approximate surface area is 299 Å². The Morgan fingerprint density at radius 1 is 0.562 bits per heavy atom. The van der Waals surface area contributed by atoms with Crippen LogP contribution in [-0.2, 0) is 23.7 Å². The second-order valence-corrected chi connectivity index (χ2v) is 14.8. The van der Waals surface area contributed by atoms with Crippen molar-refractivity contribution < 1.29 is 28.5 Å². The zero-order valence-electron chi connectivity index (χ0n) is 33.0. The Morgan fingerprint density at radius 3 is 1.46 bits per heavy atom. The van der Waals surface area contributed by atoms with Gasteiger partial charge in [0, 0.05) is 19.8 Å². The molecule has 0 aromatic carbocycles. The Hall–Kier alpha value is -0.890. The number of carbonyl (C=O) groups excluding carboxylic acids is 1. The van der Waals surface area contributed by atoms with E-state index < -0.39 is 11.7 Å². The van der Waals surface area contributed by atoms with E-state index in [1.54, 1.807) is 0 Å². The third-order valence-corrected chi connectivity index (χ3v) is 8.83. The molecule has 0 bridgehead atoms. The van der Waals surface area contributed by atoms with Crippen molar-refractivity contribution in [1.29, 1.82) is 0 Å². The first-order valence-electron chi connectivity index (χ1n) is 20.7. The van der Waals surface area contributed by atoms with Crippen LogP contribution in [0.15, 0.2) is 0 Å². The van der Waals surface area contributed by atoms with Crippen LogP contribution in [-0.4, -0.2) is 70.1 Å². The predicted molar refractivity (Wildman–Crippen MR) is 203 cm³/mol. The van der Waals surface area contributed by atoms with Gasteiger partial charge in [0.05, 0.1) is 31.5 Å². The van der Waals surface area contributed by atoms with E-state index in [0.29, 0.717) is 33.0 Å². The lowest BCUT2D eigenvalue weighted by Crippen LogP contribution is -2.37. The molecular formula is C41H83NO6. The van der Waals surface area contributed by atoms with Crippen LogP contribution in [0.5, 0.6) is 0 Å². The maximum Gasteiger partial charge on any atom is 0.407 e. The molecule has 0 rings (SSSR count). The third kappa shape index (κ3) is 36.4. The fourth-order valence-electron chi connectivity index (χ4n) is 5.71. The topological polar surface area (TPSA) is 75.3 Å². The predicted octanol–water partition coefficient (Wildman–Crippen LogP) is 11.7. The zero-order valence-corrected chi connectivity index (χ0v) is 33.0. The first-order valence-corrected chi connectivity index (χ1v) is 20.7. The summed E-state index contributed by atoms with van der Waals surface area (Å²) in [6.07, 6.45) is 31.3. The van der Waals surface area contributed by atoms with E-state index in [0.717, 1.165) is 19.4 Å². The quantitative estimate of drug-likeness (QED) is 0.0652. The van der Waals surface area contributed by atoms with Crippen LogP contribution < -0.4 is 5.32 Å². The van der Waals surface area contributed by atoms with E-state index in [1.807, 2.05) is 27.7 Å². The number of carbonyl (C=O) groups is 1. The van der Waals surface area contributed by atoms with Gasteiger partial charge in [-0.15, -0.1) is 0 Å². The highest BCUT2D eigenvalue weighted by molar-refractivity contribution is 5.67. The Morgan fingerprint density at radius 2 is 1.00 bits per heavy atom. The van der Waals surface area contributed by atoms with Gasteiger partial charge in [-0.05, 0) is 40.5 Å². The van der Waals surface area contributed by atoms with E-state index in [1.165, 1.54) is 141 Å². The lowest BCUT2D eigenvalue weighted by molar-refractivity contribution is -0.0867. The summed E-state index contributed by atoms with van der Waals surface area (Å²) in [5.41, 5.74) is -0.409. The van der Waals surface area contributed by atoms with Gasteiger partial charge in [0.15, 0.2) is 0 Å². The highest BCUT2D eigenvalue weighted by Gasteiger charge is 2.19. The number of rotatable bonds is 38. The smallest absolute Gasteiger partial charge is 0.407 e. The zero-order chi connectivity index (χ0) is 35.4. The van der Waals surface area contributed by atoms with Crippen molar-refractivity contribution in [2.24, 2.45) is 0 Å². The molecule has 0 radical (unpaired) electrons. The molecule has 0 spiro atoms. The Balaban J connectivity index is 4.19. The second-order valence-electron chi connectivity index (χ2n) is 14.8. The van der Waals surface area contributed by atoms with Gasteiger partial charge in [0.1, 0.15) is 12.7 Å². The standard InChI is InChI=1S/C41H83NO6/c1-7-9-11-13-15-17-19-21-23-25-27-29-32-44-35-39(45-33-30-28-26-24-22-20-18-16-14-12-10-8-2)36-46-40(43)42-31-34-48-41(5,6)37-47-38(3)4/h38-39H,7-37H2,1-6H3,(H,42,43). The Bertz CT molecular complexity index is 659. The average Bonchev–Trinajstić information content (AvgIpc) is 3.06. The van der Waals surface area contributed by atoms with Crippen molar-refractivity contribution in [2.45, 2.75) is 213 Å². The van der Waals surface area contributed by atoms with Crippen molar-refractivity contribution in [2.75, 3.05) is 46.2 Å². The fraction of sp³-hybridized carbons (Fsp3) is 0.976. The molecule has 0 heterocycles. The van der Waals surface area contributed by atoms with Crippen molar-refractivity contribution >= 4 is 6.09 Å². The fourth-order valence-corrected chi connectivity index (χ4v) is 5.71. The molecule has 0 saturated carbocycles. The van der Waals surface area contributed by atoms with E-state index in [9.17, 15) is 4.79 Å². The molecule has 0 aromatic heterocycles. The summed E-state index contributed by atoms with van der Waals surface area (Å²) in [5, 5.41) is 2.79. The maximum atomic E-state index is 12.4. The van der Waals surface area contributed by atoms with Gasteiger partial charge in [-0.3, -0.25) is 0 Å². The van der Waals surface area contributed by atoms with Gasteiger partial charge in [-0.25, -0.2) is 4.79 Å². The van der Waals surface area contributed by atoms with E-state index >= 15 is 0 Å². The lowest BCUT2D eigenvalue weighted by Gasteiger charge is -2.26. The number of alkyl carbamates (subject to hydrolysis) is 1. The minimum absolute atomic E-state index is 0.157. The van der Waals surface area contributed by atoms with E-state index in [-0.39, 0.29) is 18.8 Å². The van der Waals surface area contributed by atoms with Crippen LogP contribution in [0.1, 0.15) is 196 Å². The minimum atomic E-state index is -0.449. The van der Waals surface area contributed by atoms with Crippen LogP contribution in [0.3, 0.4) is 0 Å². The molecule has 1 amide bonds. The van der Waals surface area contributed by atoms with Crippen LogP contribution in [0, 0.1) is 0 Å². The van der Waals surface area contributed by atoms with Crippen LogP contribution in [0.2, 0.25) is 0 Å². The molecule has 7 nitrogen and oxygen atoms in total. The molecule has 48 heavy (non-hydrogen) atoms. The summed E-state index contributed by atoms with van der Waals surface area (Å²) in [4.78, 5) is 12.4. The number of nitrogens with one attached hydrogen (secondary N) is 1. The molecular weight excluding hydrogens is 602 g/mol. The molecule has 0 aliphatic heterocycles. The number of ether oxygens (including phenoxy) is 5. The van der Waals surface area contributed by atoms with E-state index in [4.69, 9.17) is 23.7 Å². The summed E-state index contributed by atoms with van der Waals surface area (Å²) in [6, 6.07) is 0. The molecule has 0 aliphatic carbocycles. The van der Waals surface area contributed by atoms with Gasteiger partial charge >= 0.3 is 6.09 Å². The summed E-state index contributed by atoms with van der Waals surface area (Å²) in [7, 11) is 0. The van der Waals surface area contributed by atoms with Crippen molar-refractivity contribution in [3.8, 4) is 0 Å².